The van der Waals surface area contributed by atoms with Crippen molar-refractivity contribution >= 4 is 23.4 Å². The molecule has 0 saturated carbocycles. The van der Waals surface area contributed by atoms with Crippen molar-refractivity contribution in [3.63, 3.8) is 0 Å². The molecule has 0 fully saturated rings. The smallest absolute Gasteiger partial charge is 0.390 e. The Balaban J connectivity index is 2.06. The van der Waals surface area contributed by atoms with Gasteiger partial charge in [0.05, 0.1) is 36.2 Å². The largest absolute Gasteiger partial charge is 0.478 e. The van der Waals surface area contributed by atoms with Gasteiger partial charge in [-0.1, -0.05) is 18.2 Å². The summed E-state index contributed by atoms with van der Waals surface area (Å²) < 4.78 is 39.3. The molecule has 2 aromatic heterocycles. The maximum Gasteiger partial charge on any atom is 0.390 e. The molecule has 0 bridgehead atoms. The minimum Gasteiger partial charge on any atom is -0.478 e. The summed E-state index contributed by atoms with van der Waals surface area (Å²) >= 11 is 0. The second kappa shape index (κ2) is 8.58. The number of halogens is 3. The summed E-state index contributed by atoms with van der Waals surface area (Å²) in [6, 6.07) is 6.55. The van der Waals surface area contributed by atoms with Crippen LogP contribution < -0.4 is 5.32 Å². The molecule has 0 aliphatic carbocycles. The SMILES string of the molecule is Cc1cc(-c2cnc3c(NCCC(F)(F)F)cc(C=CCO)cn23)ccc1C(=O)O. The fourth-order valence-electron chi connectivity index (χ4n) is 3.13. The first-order valence-corrected chi connectivity index (χ1v) is 9.13. The average molecular weight is 419 g/mol. The van der Waals surface area contributed by atoms with Crippen molar-refractivity contribution in [1.82, 2.24) is 9.38 Å². The second-order valence-corrected chi connectivity index (χ2v) is 6.74. The summed E-state index contributed by atoms with van der Waals surface area (Å²) in [5.41, 5.74) is 3.66. The molecule has 9 heteroatoms. The van der Waals surface area contributed by atoms with E-state index in [2.05, 4.69) is 10.3 Å². The number of carbonyl (C=O) groups is 1. The molecule has 6 nitrogen and oxygen atoms in total. The summed E-state index contributed by atoms with van der Waals surface area (Å²) in [7, 11) is 0. The number of hydrogen-bond acceptors (Lipinski definition) is 4. The van der Waals surface area contributed by atoms with Crippen LogP contribution in [-0.2, 0) is 0 Å². The Morgan fingerprint density at radius 1 is 1.30 bits per heavy atom. The third-order valence-electron chi connectivity index (χ3n) is 4.52. The zero-order valence-electron chi connectivity index (χ0n) is 16.1. The Labute approximate surface area is 170 Å². The second-order valence-electron chi connectivity index (χ2n) is 6.74. The molecule has 0 aliphatic rings. The monoisotopic (exact) mass is 419 g/mol. The van der Waals surface area contributed by atoms with Crippen LogP contribution in [-0.4, -0.2) is 44.9 Å². The van der Waals surface area contributed by atoms with Gasteiger partial charge in [-0.3, -0.25) is 4.40 Å². The number of alkyl halides is 3. The number of nitrogens with zero attached hydrogens (tertiary/aromatic N) is 2. The number of aromatic nitrogens is 2. The first-order chi connectivity index (χ1) is 14.2. The van der Waals surface area contributed by atoms with Crippen molar-refractivity contribution in [2.75, 3.05) is 18.5 Å². The van der Waals surface area contributed by atoms with Gasteiger partial charge in [-0.2, -0.15) is 13.2 Å². The van der Waals surface area contributed by atoms with Crippen LogP contribution in [0.15, 0.2) is 42.7 Å². The van der Waals surface area contributed by atoms with Gasteiger partial charge in [-0.25, -0.2) is 9.78 Å². The summed E-state index contributed by atoms with van der Waals surface area (Å²) in [4.78, 5) is 15.6. The van der Waals surface area contributed by atoms with Crippen molar-refractivity contribution in [3.05, 3.63) is 59.4 Å². The van der Waals surface area contributed by atoms with E-state index < -0.39 is 18.6 Å². The Morgan fingerprint density at radius 3 is 2.70 bits per heavy atom. The van der Waals surface area contributed by atoms with Gasteiger partial charge < -0.3 is 15.5 Å². The molecule has 3 N–H and O–H groups in total. The van der Waals surface area contributed by atoms with E-state index in [4.69, 9.17) is 5.11 Å². The van der Waals surface area contributed by atoms with Crippen molar-refractivity contribution in [1.29, 1.82) is 0 Å². The van der Waals surface area contributed by atoms with Crippen molar-refractivity contribution in [2.24, 2.45) is 0 Å². The number of aliphatic hydroxyl groups excluding tert-OH is 1. The molecule has 0 amide bonds. The highest BCUT2D eigenvalue weighted by molar-refractivity contribution is 5.90. The quantitative estimate of drug-likeness (QED) is 0.529. The molecule has 0 saturated heterocycles. The maximum absolute atomic E-state index is 12.5. The van der Waals surface area contributed by atoms with Crippen LogP contribution in [0, 0.1) is 6.92 Å². The minimum absolute atomic E-state index is 0.179. The molecule has 0 atom stereocenters. The van der Waals surface area contributed by atoms with E-state index in [-0.39, 0.29) is 18.7 Å². The molecule has 3 aromatic rings. The number of anilines is 1. The summed E-state index contributed by atoms with van der Waals surface area (Å²) in [5.74, 6) is -1.02. The zero-order valence-corrected chi connectivity index (χ0v) is 16.1. The number of aromatic carboxylic acids is 1. The molecule has 30 heavy (non-hydrogen) atoms. The molecule has 0 radical (unpaired) electrons. The Bertz CT molecular complexity index is 1100. The summed E-state index contributed by atoms with van der Waals surface area (Å²) in [6.45, 7) is 1.21. The molecule has 0 aliphatic heterocycles. The van der Waals surface area contributed by atoms with Crippen LogP contribution in [0.1, 0.15) is 27.9 Å². The van der Waals surface area contributed by atoms with Crippen molar-refractivity contribution < 1.29 is 28.2 Å². The van der Waals surface area contributed by atoms with Gasteiger partial charge in [0.25, 0.3) is 0 Å². The number of aliphatic hydroxyl groups is 1. The summed E-state index contributed by atoms with van der Waals surface area (Å²) in [5, 5.41) is 21.0. The fourth-order valence-corrected chi connectivity index (χ4v) is 3.13. The summed E-state index contributed by atoms with van der Waals surface area (Å²) in [6.07, 6.45) is 1.24. The first-order valence-electron chi connectivity index (χ1n) is 9.13. The molecular weight excluding hydrogens is 399 g/mol. The lowest BCUT2D eigenvalue weighted by molar-refractivity contribution is -0.131. The van der Waals surface area contributed by atoms with Gasteiger partial charge in [0, 0.05) is 18.3 Å². The van der Waals surface area contributed by atoms with E-state index in [9.17, 15) is 23.1 Å². The van der Waals surface area contributed by atoms with Crippen LogP contribution in [0.25, 0.3) is 23.0 Å². The number of imidazole rings is 1. The highest BCUT2D eigenvalue weighted by Crippen LogP contribution is 2.28. The number of benzene rings is 1. The van der Waals surface area contributed by atoms with E-state index in [0.29, 0.717) is 28.2 Å². The fraction of sp³-hybridized carbons (Fsp3) is 0.238. The van der Waals surface area contributed by atoms with Crippen LogP contribution in [0.2, 0.25) is 0 Å². The Hall–Kier alpha value is -3.33. The minimum atomic E-state index is -4.28. The Kier molecular flexibility index (Phi) is 6.12. The topological polar surface area (TPSA) is 86.9 Å². The van der Waals surface area contributed by atoms with E-state index in [1.165, 1.54) is 12.1 Å². The average Bonchev–Trinajstić information content (AvgIpc) is 3.09. The van der Waals surface area contributed by atoms with Gasteiger partial charge in [0.2, 0.25) is 0 Å². The first kappa shape index (κ1) is 21.4. The standard InChI is InChI=1S/C21H20F3N3O3/c1-13-9-15(4-5-16(13)20(29)30)18-11-26-19-17(25-7-6-21(22,23)24)10-14(3-2-8-28)12-27(18)19/h2-5,9-12,25,28H,6-8H2,1H3,(H,29,30). The van der Waals surface area contributed by atoms with Crippen LogP contribution in [0.5, 0.6) is 0 Å². The van der Waals surface area contributed by atoms with Gasteiger partial charge in [0.15, 0.2) is 5.65 Å². The molecular formula is C21H20F3N3O3. The van der Waals surface area contributed by atoms with Crippen LogP contribution in [0.3, 0.4) is 0 Å². The number of carboxylic acid groups (broad SMARTS) is 1. The third-order valence-corrected chi connectivity index (χ3v) is 4.52. The zero-order chi connectivity index (χ0) is 21.9. The molecule has 0 spiro atoms. The van der Waals surface area contributed by atoms with Gasteiger partial charge in [0.1, 0.15) is 0 Å². The lowest BCUT2D eigenvalue weighted by Crippen LogP contribution is -2.15. The lowest BCUT2D eigenvalue weighted by Gasteiger charge is -2.12. The molecule has 2 heterocycles. The van der Waals surface area contributed by atoms with Crippen LogP contribution >= 0.6 is 0 Å². The number of aryl methyl sites for hydroxylation is 1. The molecule has 158 valence electrons. The van der Waals surface area contributed by atoms with Crippen molar-refractivity contribution in [3.8, 4) is 11.3 Å². The maximum atomic E-state index is 12.5. The number of hydrogen-bond donors (Lipinski definition) is 3. The predicted molar refractivity (Wildman–Crippen MR) is 108 cm³/mol. The predicted octanol–water partition coefficient (Wildman–Crippen LogP) is 4.38. The van der Waals surface area contributed by atoms with Gasteiger partial charge in [-0.15, -0.1) is 0 Å². The van der Waals surface area contributed by atoms with E-state index in [1.807, 2.05) is 0 Å². The van der Waals surface area contributed by atoms with E-state index >= 15 is 0 Å². The Morgan fingerprint density at radius 2 is 2.07 bits per heavy atom. The number of rotatable bonds is 7. The number of carboxylic acids is 1. The van der Waals surface area contributed by atoms with E-state index in [0.717, 1.165) is 5.56 Å². The lowest BCUT2D eigenvalue weighted by atomic mass is 10.0. The number of pyridine rings is 1. The van der Waals surface area contributed by atoms with E-state index in [1.54, 1.807) is 48.0 Å². The van der Waals surface area contributed by atoms with Crippen LogP contribution in [0.4, 0.5) is 18.9 Å². The van der Waals surface area contributed by atoms with Gasteiger partial charge in [-0.05, 0) is 36.2 Å². The number of nitrogens with one attached hydrogen (secondary N) is 1. The van der Waals surface area contributed by atoms with Gasteiger partial charge >= 0.3 is 12.1 Å². The third kappa shape index (κ3) is 4.80. The number of fused-ring (bicyclic) bond motifs is 1. The molecule has 0 unspecified atom stereocenters. The van der Waals surface area contributed by atoms with Crippen molar-refractivity contribution in [2.45, 2.75) is 19.5 Å². The molecule has 3 rings (SSSR count). The normalized spacial score (nSPS) is 12.0. The molecule has 1 aromatic carbocycles. The highest BCUT2D eigenvalue weighted by atomic mass is 19.4. The highest BCUT2D eigenvalue weighted by Gasteiger charge is 2.26.